The van der Waals surface area contributed by atoms with E-state index in [-0.39, 0.29) is 5.82 Å². The van der Waals surface area contributed by atoms with Crippen LogP contribution >= 0.6 is 11.3 Å². The van der Waals surface area contributed by atoms with Gasteiger partial charge in [0.1, 0.15) is 5.82 Å². The number of hydrogen-bond acceptors (Lipinski definition) is 2. The summed E-state index contributed by atoms with van der Waals surface area (Å²) >= 11 is 1.69. The van der Waals surface area contributed by atoms with Gasteiger partial charge in [-0.25, -0.2) is 9.37 Å². The van der Waals surface area contributed by atoms with E-state index >= 15 is 0 Å². The van der Waals surface area contributed by atoms with E-state index in [1.54, 1.807) is 24.3 Å². The van der Waals surface area contributed by atoms with Gasteiger partial charge in [-0.1, -0.05) is 12.1 Å². The second kappa shape index (κ2) is 3.67. The van der Waals surface area contributed by atoms with Gasteiger partial charge in [0.25, 0.3) is 0 Å². The molecule has 1 nitrogen and oxygen atoms in total. The van der Waals surface area contributed by atoms with Crippen LogP contribution in [0, 0.1) is 12.7 Å². The van der Waals surface area contributed by atoms with Crippen molar-refractivity contribution in [2.75, 3.05) is 0 Å². The summed E-state index contributed by atoms with van der Waals surface area (Å²) in [6.45, 7) is 1.78. The van der Waals surface area contributed by atoms with E-state index in [2.05, 4.69) is 4.98 Å². The Bertz CT molecular complexity index is 528. The minimum Gasteiger partial charge on any atom is -0.249 e. The maximum absolute atomic E-state index is 13.4. The number of rotatable bonds is 2. The van der Waals surface area contributed by atoms with E-state index in [0.717, 1.165) is 10.4 Å². The number of thiazole rings is 1. The third-order valence-electron chi connectivity index (χ3n) is 2.91. The SMILES string of the molecule is Cc1ccc(-c2cnc(C3CC3)s2)cc1F. The van der Waals surface area contributed by atoms with E-state index in [1.807, 2.05) is 18.3 Å². The molecule has 1 saturated carbocycles. The van der Waals surface area contributed by atoms with Crippen molar-refractivity contribution in [3.63, 3.8) is 0 Å². The van der Waals surface area contributed by atoms with Crippen LogP contribution in [-0.4, -0.2) is 4.98 Å². The lowest BCUT2D eigenvalue weighted by molar-refractivity contribution is 0.619. The van der Waals surface area contributed by atoms with Crippen molar-refractivity contribution in [1.82, 2.24) is 4.98 Å². The highest BCUT2D eigenvalue weighted by atomic mass is 32.1. The Morgan fingerprint density at radius 1 is 1.38 bits per heavy atom. The fraction of sp³-hybridized carbons (Fsp3) is 0.308. The van der Waals surface area contributed by atoms with Crippen LogP contribution in [0.1, 0.15) is 29.3 Å². The number of nitrogens with zero attached hydrogens (tertiary/aromatic N) is 1. The maximum Gasteiger partial charge on any atom is 0.126 e. The van der Waals surface area contributed by atoms with Crippen molar-refractivity contribution >= 4 is 11.3 Å². The number of halogens is 1. The van der Waals surface area contributed by atoms with Crippen LogP contribution in [0.15, 0.2) is 24.4 Å². The molecule has 1 heterocycles. The summed E-state index contributed by atoms with van der Waals surface area (Å²) in [5.41, 5.74) is 1.63. The number of benzene rings is 1. The summed E-state index contributed by atoms with van der Waals surface area (Å²) in [5.74, 6) is 0.535. The first kappa shape index (κ1) is 9.97. The second-order valence-electron chi connectivity index (χ2n) is 4.30. The number of hydrogen-bond donors (Lipinski definition) is 0. The van der Waals surface area contributed by atoms with Gasteiger partial charge in [0.2, 0.25) is 0 Å². The van der Waals surface area contributed by atoms with Crippen LogP contribution in [-0.2, 0) is 0 Å². The molecule has 0 unspecified atom stereocenters. The zero-order valence-electron chi connectivity index (χ0n) is 9.03. The van der Waals surface area contributed by atoms with Gasteiger partial charge in [-0.05, 0) is 37.0 Å². The van der Waals surface area contributed by atoms with Crippen LogP contribution in [0.2, 0.25) is 0 Å². The molecule has 0 bridgehead atoms. The molecule has 0 aliphatic heterocycles. The summed E-state index contributed by atoms with van der Waals surface area (Å²) in [6, 6.07) is 5.38. The van der Waals surface area contributed by atoms with Gasteiger partial charge in [-0.2, -0.15) is 0 Å². The molecule has 1 aromatic heterocycles. The molecule has 82 valence electrons. The average Bonchev–Trinajstić information content (AvgIpc) is 3.01. The van der Waals surface area contributed by atoms with Crippen molar-refractivity contribution in [2.45, 2.75) is 25.7 Å². The molecule has 0 saturated heterocycles. The van der Waals surface area contributed by atoms with Crippen molar-refractivity contribution in [3.8, 4) is 10.4 Å². The summed E-state index contributed by atoms with van der Waals surface area (Å²) in [4.78, 5) is 5.47. The molecule has 1 fully saturated rings. The zero-order valence-corrected chi connectivity index (χ0v) is 9.85. The third-order valence-corrected chi connectivity index (χ3v) is 4.12. The van der Waals surface area contributed by atoms with E-state index in [4.69, 9.17) is 0 Å². The van der Waals surface area contributed by atoms with E-state index in [0.29, 0.717) is 11.5 Å². The van der Waals surface area contributed by atoms with Gasteiger partial charge in [0.15, 0.2) is 0 Å². The first-order valence-electron chi connectivity index (χ1n) is 5.46. The molecule has 16 heavy (non-hydrogen) atoms. The monoisotopic (exact) mass is 233 g/mol. The van der Waals surface area contributed by atoms with Gasteiger partial charge in [0, 0.05) is 12.1 Å². The zero-order chi connectivity index (χ0) is 11.1. The molecule has 0 radical (unpaired) electrons. The highest BCUT2D eigenvalue weighted by Crippen LogP contribution is 2.43. The first-order valence-corrected chi connectivity index (χ1v) is 6.28. The fourth-order valence-electron chi connectivity index (χ4n) is 1.69. The topological polar surface area (TPSA) is 12.9 Å². The Kier molecular flexibility index (Phi) is 2.28. The van der Waals surface area contributed by atoms with Crippen molar-refractivity contribution in [1.29, 1.82) is 0 Å². The Hall–Kier alpha value is -1.22. The molecule has 1 aromatic carbocycles. The summed E-state index contributed by atoms with van der Waals surface area (Å²) in [6.07, 6.45) is 4.38. The predicted octanol–water partition coefficient (Wildman–Crippen LogP) is 4.14. The third kappa shape index (κ3) is 1.76. The minimum absolute atomic E-state index is 0.140. The largest absolute Gasteiger partial charge is 0.249 e. The average molecular weight is 233 g/mol. The quantitative estimate of drug-likeness (QED) is 0.759. The highest BCUT2D eigenvalue weighted by molar-refractivity contribution is 7.15. The second-order valence-corrected chi connectivity index (χ2v) is 5.36. The normalized spacial score (nSPS) is 15.4. The van der Waals surface area contributed by atoms with Gasteiger partial charge >= 0.3 is 0 Å². The van der Waals surface area contributed by atoms with Crippen LogP contribution < -0.4 is 0 Å². The fourth-order valence-corrected chi connectivity index (χ4v) is 2.77. The Morgan fingerprint density at radius 3 is 2.88 bits per heavy atom. The molecule has 1 aliphatic carbocycles. The smallest absolute Gasteiger partial charge is 0.126 e. The van der Waals surface area contributed by atoms with Crippen molar-refractivity contribution < 1.29 is 4.39 Å². The van der Waals surface area contributed by atoms with Gasteiger partial charge in [-0.15, -0.1) is 11.3 Å². The van der Waals surface area contributed by atoms with Gasteiger partial charge < -0.3 is 0 Å². The molecule has 0 atom stereocenters. The minimum atomic E-state index is -0.140. The molecule has 1 aliphatic rings. The number of aromatic nitrogens is 1. The maximum atomic E-state index is 13.4. The molecule has 2 aromatic rings. The molecule has 3 heteroatoms. The lowest BCUT2D eigenvalue weighted by atomic mass is 10.1. The summed E-state index contributed by atoms with van der Waals surface area (Å²) in [7, 11) is 0. The Morgan fingerprint density at radius 2 is 2.19 bits per heavy atom. The molecule has 3 rings (SSSR count). The van der Waals surface area contributed by atoms with Crippen molar-refractivity contribution in [2.24, 2.45) is 0 Å². The lowest BCUT2D eigenvalue weighted by Gasteiger charge is -1.99. The highest BCUT2D eigenvalue weighted by Gasteiger charge is 2.26. The molecular weight excluding hydrogens is 221 g/mol. The van der Waals surface area contributed by atoms with Gasteiger partial charge in [0.05, 0.1) is 9.88 Å². The van der Waals surface area contributed by atoms with E-state index < -0.39 is 0 Å². The molecule has 0 spiro atoms. The molecule has 0 N–H and O–H groups in total. The molecule has 0 amide bonds. The van der Waals surface area contributed by atoms with Crippen LogP contribution in [0.4, 0.5) is 4.39 Å². The van der Waals surface area contributed by atoms with Crippen LogP contribution in [0.5, 0.6) is 0 Å². The Balaban J connectivity index is 1.97. The van der Waals surface area contributed by atoms with Crippen LogP contribution in [0.3, 0.4) is 0 Å². The summed E-state index contributed by atoms with van der Waals surface area (Å²) < 4.78 is 13.4. The van der Waals surface area contributed by atoms with E-state index in [1.165, 1.54) is 17.8 Å². The van der Waals surface area contributed by atoms with Crippen molar-refractivity contribution in [3.05, 3.63) is 40.8 Å². The number of aryl methyl sites for hydroxylation is 1. The predicted molar refractivity (Wildman–Crippen MR) is 64.2 cm³/mol. The molecular formula is C13H12FNS. The summed E-state index contributed by atoms with van der Waals surface area (Å²) in [5, 5.41) is 1.20. The standard InChI is InChI=1S/C13H12FNS/c1-8-2-3-10(6-11(8)14)12-7-15-13(16-12)9-4-5-9/h2-3,6-7,9H,4-5H2,1H3. The van der Waals surface area contributed by atoms with Crippen LogP contribution in [0.25, 0.3) is 10.4 Å². The van der Waals surface area contributed by atoms with Gasteiger partial charge in [-0.3, -0.25) is 0 Å². The lowest BCUT2D eigenvalue weighted by Crippen LogP contribution is -1.82. The van der Waals surface area contributed by atoms with E-state index in [9.17, 15) is 4.39 Å². The Labute approximate surface area is 98.0 Å². The first-order chi connectivity index (χ1) is 7.74.